The van der Waals surface area contributed by atoms with Gasteiger partial charge in [0.1, 0.15) is 18.5 Å². The second kappa shape index (κ2) is 8.23. The Labute approximate surface area is 142 Å². The van der Waals surface area contributed by atoms with Gasteiger partial charge in [0.2, 0.25) is 0 Å². The molecule has 2 aromatic rings. The summed E-state index contributed by atoms with van der Waals surface area (Å²) in [6.45, 7) is 2.49. The van der Waals surface area contributed by atoms with Crippen molar-refractivity contribution >= 4 is 10.1 Å². The normalized spacial score (nSPS) is 12.8. The monoisotopic (exact) mass is 352 g/mol. The van der Waals surface area contributed by atoms with Crippen LogP contribution in [0, 0.1) is 6.92 Å². The molecule has 0 amide bonds. The fourth-order valence-corrected chi connectivity index (χ4v) is 2.72. The van der Waals surface area contributed by atoms with Crippen molar-refractivity contribution in [1.82, 2.24) is 0 Å². The van der Waals surface area contributed by atoms with Crippen molar-refractivity contribution in [3.63, 3.8) is 0 Å². The molecule has 0 bridgehead atoms. The molecule has 0 saturated heterocycles. The van der Waals surface area contributed by atoms with Crippen LogP contribution in [0.5, 0.6) is 5.75 Å². The molecule has 1 atom stereocenters. The van der Waals surface area contributed by atoms with E-state index >= 15 is 0 Å². The summed E-state index contributed by atoms with van der Waals surface area (Å²) in [5.41, 5.74) is 1.81. The van der Waals surface area contributed by atoms with Crippen molar-refractivity contribution < 1.29 is 27.4 Å². The Balaban J connectivity index is 1.83. The van der Waals surface area contributed by atoms with Gasteiger partial charge in [-0.3, -0.25) is 4.55 Å². The van der Waals surface area contributed by atoms with Gasteiger partial charge in [-0.15, -0.1) is 0 Å². The van der Waals surface area contributed by atoms with Gasteiger partial charge < -0.3 is 9.84 Å². The Bertz CT molecular complexity index is 759. The molecule has 1 heterocycles. The SMILES string of the molecule is Cc1ccccc1OCC(O)C[n+]1ccc(CCS(=O)(=O)O)cc1. The van der Waals surface area contributed by atoms with Crippen LogP contribution in [0.25, 0.3) is 0 Å². The number of ether oxygens (including phenoxy) is 1. The van der Waals surface area contributed by atoms with Gasteiger partial charge in [-0.2, -0.15) is 8.42 Å². The summed E-state index contributed by atoms with van der Waals surface area (Å²) >= 11 is 0. The zero-order valence-electron chi connectivity index (χ0n) is 13.5. The number of aryl methyl sites for hydroxylation is 2. The summed E-state index contributed by atoms with van der Waals surface area (Å²) in [7, 11) is -3.95. The van der Waals surface area contributed by atoms with Crippen molar-refractivity contribution in [3.05, 3.63) is 59.9 Å². The lowest BCUT2D eigenvalue weighted by Gasteiger charge is -2.11. The molecule has 6 nitrogen and oxygen atoms in total. The van der Waals surface area contributed by atoms with Gasteiger partial charge >= 0.3 is 0 Å². The number of para-hydroxylation sites is 1. The zero-order valence-corrected chi connectivity index (χ0v) is 14.3. The number of aromatic nitrogens is 1. The van der Waals surface area contributed by atoms with Crippen LogP contribution in [0.15, 0.2) is 48.8 Å². The number of pyridine rings is 1. The van der Waals surface area contributed by atoms with Crippen LogP contribution in [0.2, 0.25) is 0 Å². The molecular formula is C17H22NO5S+. The predicted molar refractivity (Wildman–Crippen MR) is 89.4 cm³/mol. The molecule has 0 radical (unpaired) electrons. The lowest BCUT2D eigenvalue weighted by atomic mass is 10.2. The van der Waals surface area contributed by atoms with Crippen molar-refractivity contribution in [2.75, 3.05) is 12.4 Å². The highest BCUT2D eigenvalue weighted by Crippen LogP contribution is 2.16. The molecule has 130 valence electrons. The Morgan fingerprint density at radius 3 is 2.46 bits per heavy atom. The van der Waals surface area contributed by atoms with Gasteiger partial charge in [-0.1, -0.05) is 18.2 Å². The van der Waals surface area contributed by atoms with E-state index in [9.17, 15) is 13.5 Å². The molecule has 0 aliphatic heterocycles. The van der Waals surface area contributed by atoms with Crippen LogP contribution < -0.4 is 9.30 Å². The van der Waals surface area contributed by atoms with Crippen molar-refractivity contribution in [2.24, 2.45) is 0 Å². The zero-order chi connectivity index (χ0) is 17.6. The van der Waals surface area contributed by atoms with Gasteiger partial charge in [-0.25, -0.2) is 4.57 Å². The summed E-state index contributed by atoms with van der Waals surface area (Å²) in [6.07, 6.45) is 3.10. The first-order valence-corrected chi connectivity index (χ1v) is 9.24. The van der Waals surface area contributed by atoms with Crippen molar-refractivity contribution in [1.29, 1.82) is 0 Å². The van der Waals surface area contributed by atoms with E-state index in [1.54, 1.807) is 29.1 Å². The fraction of sp³-hybridized carbons (Fsp3) is 0.353. The number of nitrogens with zero attached hydrogens (tertiary/aromatic N) is 1. The van der Waals surface area contributed by atoms with E-state index in [0.717, 1.165) is 16.9 Å². The third-order valence-electron chi connectivity index (χ3n) is 3.56. The van der Waals surface area contributed by atoms with E-state index in [1.165, 1.54) is 0 Å². The maximum atomic E-state index is 10.7. The van der Waals surface area contributed by atoms with E-state index in [4.69, 9.17) is 9.29 Å². The van der Waals surface area contributed by atoms with E-state index in [2.05, 4.69) is 0 Å². The molecule has 1 aromatic carbocycles. The topological polar surface area (TPSA) is 87.7 Å². The van der Waals surface area contributed by atoms with Gasteiger partial charge in [0.25, 0.3) is 10.1 Å². The molecular weight excluding hydrogens is 330 g/mol. The smallest absolute Gasteiger partial charge is 0.265 e. The number of aliphatic hydroxyl groups is 1. The summed E-state index contributed by atoms with van der Waals surface area (Å²) in [5.74, 6) is 0.450. The summed E-state index contributed by atoms with van der Waals surface area (Å²) in [5, 5.41) is 10.1. The number of hydrogen-bond donors (Lipinski definition) is 2. The first-order valence-electron chi connectivity index (χ1n) is 7.63. The minimum absolute atomic E-state index is 0.183. The third kappa shape index (κ3) is 6.27. The predicted octanol–water partition coefficient (Wildman–Crippen LogP) is 1.15. The van der Waals surface area contributed by atoms with Gasteiger partial charge in [0.05, 0.1) is 5.75 Å². The average Bonchev–Trinajstić information content (AvgIpc) is 2.53. The van der Waals surface area contributed by atoms with Gasteiger partial charge in [0, 0.05) is 12.1 Å². The van der Waals surface area contributed by atoms with Gasteiger partial charge in [0.15, 0.2) is 18.9 Å². The number of hydrogen-bond acceptors (Lipinski definition) is 4. The van der Waals surface area contributed by atoms with Crippen LogP contribution in [0.1, 0.15) is 11.1 Å². The highest BCUT2D eigenvalue weighted by molar-refractivity contribution is 7.85. The first-order chi connectivity index (χ1) is 11.3. The fourth-order valence-electron chi connectivity index (χ4n) is 2.22. The summed E-state index contributed by atoms with van der Waals surface area (Å²) in [4.78, 5) is 0. The Kier molecular flexibility index (Phi) is 6.30. The number of aliphatic hydroxyl groups excluding tert-OH is 1. The molecule has 1 unspecified atom stereocenters. The number of benzene rings is 1. The quantitative estimate of drug-likeness (QED) is 0.550. The van der Waals surface area contributed by atoms with Crippen molar-refractivity contribution in [2.45, 2.75) is 26.0 Å². The average molecular weight is 352 g/mol. The Morgan fingerprint density at radius 1 is 1.17 bits per heavy atom. The van der Waals surface area contributed by atoms with E-state index in [1.807, 2.05) is 31.2 Å². The first kappa shape index (κ1) is 18.4. The molecule has 0 fully saturated rings. The van der Waals surface area contributed by atoms with Crippen LogP contribution >= 0.6 is 0 Å². The molecule has 0 aliphatic carbocycles. The largest absolute Gasteiger partial charge is 0.490 e. The molecule has 24 heavy (non-hydrogen) atoms. The molecule has 7 heteroatoms. The second-order valence-electron chi connectivity index (χ2n) is 5.67. The standard InChI is InChI=1S/C17H21NO5S/c1-14-4-2-3-5-17(14)23-13-16(19)12-18-9-6-15(7-10-18)8-11-24(20,21)22/h2-7,9-10,16,19H,8,11-13H2,1H3/p+1. The second-order valence-corrected chi connectivity index (χ2v) is 7.24. The Hall–Kier alpha value is -1.96. The minimum Gasteiger partial charge on any atom is -0.490 e. The third-order valence-corrected chi connectivity index (χ3v) is 4.28. The van der Waals surface area contributed by atoms with Crippen LogP contribution in [0.4, 0.5) is 0 Å². The lowest BCUT2D eigenvalue weighted by molar-refractivity contribution is -0.703. The summed E-state index contributed by atoms with van der Waals surface area (Å²) < 4.78 is 37.6. The highest BCUT2D eigenvalue weighted by Gasteiger charge is 2.13. The van der Waals surface area contributed by atoms with Crippen LogP contribution in [0.3, 0.4) is 0 Å². The number of rotatable bonds is 8. The van der Waals surface area contributed by atoms with E-state index < -0.39 is 16.2 Å². The maximum Gasteiger partial charge on any atom is 0.265 e. The molecule has 0 saturated carbocycles. The Morgan fingerprint density at radius 2 is 1.83 bits per heavy atom. The molecule has 2 N–H and O–H groups in total. The highest BCUT2D eigenvalue weighted by atomic mass is 32.2. The maximum absolute atomic E-state index is 10.7. The van der Waals surface area contributed by atoms with E-state index in [0.29, 0.717) is 6.54 Å². The van der Waals surface area contributed by atoms with Gasteiger partial charge in [-0.05, 0) is 30.5 Å². The van der Waals surface area contributed by atoms with Crippen LogP contribution in [-0.2, 0) is 23.1 Å². The molecule has 1 aromatic heterocycles. The van der Waals surface area contributed by atoms with E-state index in [-0.39, 0.29) is 18.8 Å². The molecule has 0 aliphatic rings. The molecule has 2 rings (SSSR count). The lowest BCUT2D eigenvalue weighted by Crippen LogP contribution is -2.41. The summed E-state index contributed by atoms with van der Waals surface area (Å²) in [6, 6.07) is 11.1. The minimum atomic E-state index is -3.95. The molecule has 0 spiro atoms. The van der Waals surface area contributed by atoms with Crippen LogP contribution in [-0.4, -0.2) is 36.5 Å². The van der Waals surface area contributed by atoms with Crippen molar-refractivity contribution in [3.8, 4) is 5.75 Å².